The first kappa shape index (κ1) is 26.1. The van der Waals surface area contributed by atoms with Crippen molar-refractivity contribution in [3.8, 4) is 11.5 Å². The van der Waals surface area contributed by atoms with E-state index in [9.17, 15) is 9.59 Å². The van der Waals surface area contributed by atoms with Gasteiger partial charge in [-0.05, 0) is 68.5 Å². The van der Waals surface area contributed by atoms with Crippen LogP contribution in [0.4, 0.5) is 0 Å². The minimum atomic E-state index is -0.610. The second-order valence-corrected chi connectivity index (χ2v) is 10.1. The number of ketones is 1. The van der Waals surface area contributed by atoms with Crippen molar-refractivity contribution in [2.45, 2.75) is 51.6 Å². The minimum absolute atomic E-state index is 0.0399. The van der Waals surface area contributed by atoms with Crippen LogP contribution in [0.15, 0.2) is 58.9 Å². The van der Waals surface area contributed by atoms with Crippen molar-refractivity contribution >= 4 is 35.0 Å². The average molecular weight is 530 g/mol. The topological polar surface area (TPSA) is 73.9 Å². The Balaban J connectivity index is 1.79. The van der Waals surface area contributed by atoms with Crippen molar-refractivity contribution in [1.82, 2.24) is 5.32 Å². The van der Waals surface area contributed by atoms with Crippen molar-refractivity contribution in [2.24, 2.45) is 0 Å². The Kier molecular flexibility index (Phi) is 7.67. The van der Waals surface area contributed by atoms with Crippen LogP contribution in [0.5, 0.6) is 11.5 Å². The smallest absolute Gasteiger partial charge is 0.337 e. The predicted octanol–water partition coefficient (Wildman–Crippen LogP) is 6.32. The van der Waals surface area contributed by atoms with E-state index in [4.69, 9.17) is 37.4 Å². The van der Waals surface area contributed by atoms with Crippen molar-refractivity contribution < 1.29 is 23.8 Å². The quantitative estimate of drug-likeness (QED) is 0.441. The van der Waals surface area contributed by atoms with Gasteiger partial charge in [0.15, 0.2) is 17.3 Å². The van der Waals surface area contributed by atoms with Gasteiger partial charge in [0.2, 0.25) is 0 Å². The Morgan fingerprint density at radius 3 is 2.31 bits per heavy atom. The fourth-order valence-electron chi connectivity index (χ4n) is 4.95. The van der Waals surface area contributed by atoms with Gasteiger partial charge in [0.1, 0.15) is 0 Å². The summed E-state index contributed by atoms with van der Waals surface area (Å²) in [5, 5.41) is 4.11. The molecule has 190 valence electrons. The summed E-state index contributed by atoms with van der Waals surface area (Å²) in [4.78, 5) is 26.9. The second kappa shape index (κ2) is 10.6. The van der Waals surface area contributed by atoms with E-state index >= 15 is 0 Å². The molecule has 2 aromatic carbocycles. The molecule has 1 heterocycles. The molecule has 6 nitrogen and oxygen atoms in total. The van der Waals surface area contributed by atoms with Gasteiger partial charge < -0.3 is 19.5 Å². The highest BCUT2D eigenvalue weighted by atomic mass is 35.5. The first-order valence-corrected chi connectivity index (χ1v) is 12.5. The molecule has 0 saturated heterocycles. The molecule has 4 rings (SSSR count). The number of methoxy groups -OCH3 is 2. The molecule has 0 bridgehead atoms. The summed E-state index contributed by atoms with van der Waals surface area (Å²) >= 11 is 12.5. The van der Waals surface area contributed by atoms with Gasteiger partial charge in [-0.3, -0.25) is 4.79 Å². The van der Waals surface area contributed by atoms with E-state index < -0.39 is 11.9 Å². The Bertz CT molecular complexity index is 1280. The summed E-state index contributed by atoms with van der Waals surface area (Å²) < 4.78 is 16.4. The number of nitrogens with one attached hydrogen (secondary N) is 1. The Hall–Kier alpha value is -2.96. The van der Waals surface area contributed by atoms with Gasteiger partial charge in [-0.15, -0.1) is 0 Å². The molecule has 1 aliphatic heterocycles. The van der Waals surface area contributed by atoms with Gasteiger partial charge >= 0.3 is 5.97 Å². The lowest BCUT2D eigenvalue weighted by molar-refractivity contribution is -0.143. The maximum absolute atomic E-state index is 13.7. The van der Waals surface area contributed by atoms with Crippen LogP contribution in [0, 0.1) is 0 Å². The normalized spacial score (nSPS) is 19.7. The molecule has 1 aliphatic carbocycles. The number of hydrogen-bond acceptors (Lipinski definition) is 6. The van der Waals surface area contributed by atoms with Gasteiger partial charge in [-0.2, -0.15) is 0 Å². The number of allylic oxidation sites excluding steroid dienone is 3. The zero-order valence-electron chi connectivity index (χ0n) is 20.9. The molecule has 0 saturated carbocycles. The Morgan fingerprint density at radius 1 is 0.972 bits per heavy atom. The maximum Gasteiger partial charge on any atom is 0.337 e. The second-order valence-electron chi connectivity index (χ2n) is 9.26. The number of halogens is 2. The number of carbonyl (C=O) groups excluding carboxylic acids is 2. The number of ether oxygens (including phenoxy) is 3. The van der Waals surface area contributed by atoms with E-state index in [-0.39, 0.29) is 17.8 Å². The lowest BCUT2D eigenvalue weighted by Gasteiger charge is -2.37. The molecule has 0 fully saturated rings. The highest BCUT2D eigenvalue weighted by Crippen LogP contribution is 2.47. The lowest BCUT2D eigenvalue weighted by atomic mass is 9.71. The third kappa shape index (κ3) is 4.97. The van der Waals surface area contributed by atoms with Crippen LogP contribution in [-0.4, -0.2) is 32.1 Å². The number of Topliss-reactive ketones (excluding diaryl/α,β-unsaturated/α-hetero) is 1. The third-order valence-electron chi connectivity index (χ3n) is 6.55. The third-order valence-corrected chi connectivity index (χ3v) is 7.29. The first-order valence-electron chi connectivity index (χ1n) is 11.8. The van der Waals surface area contributed by atoms with Crippen LogP contribution in [0.2, 0.25) is 10.0 Å². The van der Waals surface area contributed by atoms with E-state index in [1.807, 2.05) is 25.1 Å². The first-order chi connectivity index (χ1) is 17.1. The van der Waals surface area contributed by atoms with Crippen LogP contribution in [0.25, 0.3) is 0 Å². The molecule has 1 N–H and O–H groups in total. The molecular formula is C28H29Cl2NO5. The average Bonchev–Trinajstić information content (AvgIpc) is 2.83. The predicted molar refractivity (Wildman–Crippen MR) is 140 cm³/mol. The Labute approximate surface area is 221 Å². The van der Waals surface area contributed by atoms with E-state index in [0.29, 0.717) is 56.8 Å². The highest BCUT2D eigenvalue weighted by molar-refractivity contribution is 6.42. The van der Waals surface area contributed by atoms with E-state index in [0.717, 1.165) is 11.3 Å². The molecule has 2 aliphatic rings. The van der Waals surface area contributed by atoms with E-state index in [1.54, 1.807) is 46.3 Å². The van der Waals surface area contributed by atoms with Gasteiger partial charge in [-0.1, -0.05) is 35.3 Å². The number of hydrogen-bond donors (Lipinski definition) is 1. The molecule has 8 heteroatoms. The van der Waals surface area contributed by atoms with Crippen LogP contribution in [0.3, 0.4) is 0 Å². The molecule has 0 unspecified atom stereocenters. The fourth-order valence-corrected chi connectivity index (χ4v) is 5.26. The lowest BCUT2D eigenvalue weighted by Crippen LogP contribution is -2.36. The Morgan fingerprint density at radius 2 is 1.67 bits per heavy atom. The van der Waals surface area contributed by atoms with Gasteiger partial charge in [-0.25, -0.2) is 4.79 Å². The summed E-state index contributed by atoms with van der Waals surface area (Å²) in [5.41, 5.74) is 4.10. The molecule has 0 amide bonds. The molecular weight excluding hydrogens is 501 g/mol. The number of carbonyl (C=O) groups is 2. The number of rotatable bonds is 6. The maximum atomic E-state index is 13.7. The van der Waals surface area contributed by atoms with Crippen molar-refractivity contribution in [2.75, 3.05) is 14.2 Å². The van der Waals surface area contributed by atoms with Gasteiger partial charge in [0.05, 0.1) is 35.9 Å². The number of esters is 1. The number of dihydropyridines is 1. The zero-order chi connectivity index (χ0) is 26.1. The standard InChI is InChI=1S/C28H29Cl2NO5/c1-14(2)36-28(33)25-15(3)31-21-11-18(16-7-9-23(34-4)24(13-16)35-5)12-22(32)27(21)26(25)17-6-8-19(29)20(30)10-17/h6-10,13-14,18,26,31H,11-12H2,1-5H3/t18-,26+/m0/s1. The summed E-state index contributed by atoms with van der Waals surface area (Å²) in [6.07, 6.45) is 0.580. The monoisotopic (exact) mass is 529 g/mol. The molecule has 2 aromatic rings. The SMILES string of the molecule is COc1ccc([C@@H]2CC(=O)C3=C(C2)NC(C)=C(C(=O)OC(C)C)[C@H]3c2ccc(Cl)c(Cl)c2)cc1OC. The summed E-state index contributed by atoms with van der Waals surface area (Å²) in [5.74, 6) is 0.0682. The fraction of sp³-hybridized carbons (Fsp3) is 0.357. The molecule has 0 aromatic heterocycles. The van der Waals surface area contributed by atoms with Gasteiger partial charge in [0, 0.05) is 29.3 Å². The number of benzene rings is 2. The molecule has 0 spiro atoms. The van der Waals surface area contributed by atoms with Crippen LogP contribution in [0.1, 0.15) is 56.6 Å². The molecule has 2 atom stereocenters. The van der Waals surface area contributed by atoms with E-state index in [1.165, 1.54) is 0 Å². The van der Waals surface area contributed by atoms with Crippen molar-refractivity contribution in [3.05, 3.63) is 80.1 Å². The van der Waals surface area contributed by atoms with E-state index in [2.05, 4.69) is 5.32 Å². The zero-order valence-corrected chi connectivity index (χ0v) is 22.4. The van der Waals surface area contributed by atoms with Crippen molar-refractivity contribution in [3.63, 3.8) is 0 Å². The van der Waals surface area contributed by atoms with Crippen LogP contribution in [-0.2, 0) is 14.3 Å². The van der Waals surface area contributed by atoms with Crippen LogP contribution < -0.4 is 14.8 Å². The summed E-state index contributed by atoms with van der Waals surface area (Å²) in [7, 11) is 3.18. The summed E-state index contributed by atoms with van der Waals surface area (Å²) in [6, 6.07) is 10.9. The molecule has 36 heavy (non-hydrogen) atoms. The summed E-state index contributed by atoms with van der Waals surface area (Å²) in [6.45, 7) is 5.42. The largest absolute Gasteiger partial charge is 0.493 e. The van der Waals surface area contributed by atoms with Gasteiger partial charge in [0.25, 0.3) is 0 Å². The van der Waals surface area contributed by atoms with Crippen molar-refractivity contribution in [1.29, 1.82) is 0 Å². The van der Waals surface area contributed by atoms with Crippen LogP contribution >= 0.6 is 23.2 Å². The highest BCUT2D eigenvalue weighted by Gasteiger charge is 2.41. The molecule has 0 radical (unpaired) electrons. The minimum Gasteiger partial charge on any atom is -0.493 e.